The Morgan fingerprint density at radius 1 is 0.864 bits per heavy atom. The van der Waals surface area contributed by atoms with Crippen LogP contribution in [0, 0.1) is 0 Å². The van der Waals surface area contributed by atoms with E-state index in [4.69, 9.17) is 9.72 Å². The topological polar surface area (TPSA) is 131 Å². The number of carbonyl (C=O) groups excluding carboxylic acids is 2. The number of aromatic nitrogens is 2. The van der Waals surface area contributed by atoms with Gasteiger partial charge in [0, 0.05) is 29.9 Å². The molecular weight excluding hydrogens is 578 g/mol. The fourth-order valence-corrected chi connectivity index (χ4v) is 5.15. The zero-order valence-corrected chi connectivity index (χ0v) is 25.2. The van der Waals surface area contributed by atoms with E-state index >= 15 is 0 Å². The lowest BCUT2D eigenvalue weighted by molar-refractivity contribution is 0.207. The van der Waals surface area contributed by atoms with Gasteiger partial charge in [0.15, 0.2) is 0 Å². The summed E-state index contributed by atoms with van der Waals surface area (Å²) in [5, 5.41) is 5.76. The molecule has 0 bridgehead atoms. The highest BCUT2D eigenvalue weighted by molar-refractivity contribution is 7.89. The van der Waals surface area contributed by atoms with Gasteiger partial charge in [-0.1, -0.05) is 74.0 Å². The fraction of sp³-hybridized carbons (Fsp3) is 0.182. The van der Waals surface area contributed by atoms with E-state index in [1.807, 2.05) is 83.6 Å². The number of sulfonamides is 1. The van der Waals surface area contributed by atoms with Crippen molar-refractivity contribution < 1.29 is 22.7 Å². The van der Waals surface area contributed by atoms with Crippen LogP contribution in [0.2, 0.25) is 0 Å². The number of urea groups is 1. The molecule has 3 N–H and O–H groups in total. The molecule has 0 fully saturated rings. The second-order valence-electron chi connectivity index (χ2n) is 10.3. The smallest absolute Gasteiger partial charge is 0.409 e. The van der Waals surface area contributed by atoms with Crippen LogP contribution < -0.4 is 20.1 Å². The normalized spacial score (nSPS) is 11.2. The predicted molar refractivity (Wildman–Crippen MR) is 172 cm³/mol. The molecule has 0 unspecified atom stereocenters. The van der Waals surface area contributed by atoms with E-state index in [9.17, 15) is 18.0 Å². The number of hydrogen-bond donors (Lipinski definition) is 3. The fourth-order valence-electron chi connectivity index (χ4n) is 4.81. The third-order valence-corrected chi connectivity index (χ3v) is 7.37. The molecule has 0 saturated carbocycles. The van der Waals surface area contributed by atoms with E-state index in [1.165, 1.54) is 0 Å². The van der Waals surface area contributed by atoms with Crippen LogP contribution in [0.5, 0.6) is 5.75 Å². The molecule has 1 heterocycles. The minimum absolute atomic E-state index is 0.236. The molecule has 0 aliphatic heterocycles. The van der Waals surface area contributed by atoms with Gasteiger partial charge < -0.3 is 19.9 Å². The van der Waals surface area contributed by atoms with Gasteiger partial charge in [0.2, 0.25) is 10.0 Å². The van der Waals surface area contributed by atoms with Crippen LogP contribution >= 0.6 is 0 Å². The Labute approximate surface area is 256 Å². The number of imidazole rings is 1. The molecule has 0 atom stereocenters. The minimum atomic E-state index is -3.75. The van der Waals surface area contributed by atoms with Crippen molar-refractivity contribution in [1.29, 1.82) is 0 Å². The van der Waals surface area contributed by atoms with Gasteiger partial charge in [-0.3, -0.25) is 0 Å². The summed E-state index contributed by atoms with van der Waals surface area (Å²) in [5.74, 6) is 1.20. The average molecular weight is 612 g/mol. The summed E-state index contributed by atoms with van der Waals surface area (Å²) in [4.78, 5) is 29.6. The van der Waals surface area contributed by atoms with Crippen LogP contribution in [0.3, 0.4) is 0 Å². The molecule has 3 amide bonds. The van der Waals surface area contributed by atoms with Crippen molar-refractivity contribution in [2.45, 2.75) is 32.7 Å². The van der Waals surface area contributed by atoms with E-state index in [0.29, 0.717) is 23.5 Å². The third-order valence-electron chi connectivity index (χ3n) is 6.83. The van der Waals surface area contributed by atoms with Crippen molar-refractivity contribution in [3.63, 3.8) is 0 Å². The number of nitrogens with zero attached hydrogens (tertiary/aromatic N) is 2. The molecule has 226 valence electrons. The van der Waals surface area contributed by atoms with Crippen LogP contribution in [0.1, 0.15) is 31.2 Å². The number of unbranched alkanes of at least 4 members (excludes halogenated alkanes) is 1. The molecule has 0 radical (unpaired) electrons. The second-order valence-corrected chi connectivity index (χ2v) is 12.1. The molecule has 0 aliphatic carbocycles. The Morgan fingerprint density at radius 3 is 2.30 bits per heavy atom. The molecule has 10 nitrogen and oxygen atoms in total. The summed E-state index contributed by atoms with van der Waals surface area (Å²) in [7, 11) is -3.75. The van der Waals surface area contributed by atoms with Crippen molar-refractivity contribution in [2.75, 3.05) is 16.9 Å². The van der Waals surface area contributed by atoms with Gasteiger partial charge in [-0.2, -0.15) is 0 Å². The standard InChI is InChI=1S/C33H33N5O5S/c1-3-4-14-31-36-28-20-19-26(35-32(39)34-25-10-6-5-7-11-25)21-29(28)38(31)22-23-15-17-24(18-16-23)27-12-8-9-13-30(27)43-33(40)37-44(2,41)42/h5-13,15-21H,3-4,14,22H2,1-2H3,(H,37,40)(H2,34,35,39). The van der Waals surface area contributed by atoms with Crippen LogP contribution in [-0.2, 0) is 23.0 Å². The molecule has 44 heavy (non-hydrogen) atoms. The van der Waals surface area contributed by atoms with Gasteiger partial charge in [0.25, 0.3) is 0 Å². The Hall–Kier alpha value is -5.16. The van der Waals surface area contributed by atoms with Gasteiger partial charge >= 0.3 is 12.1 Å². The van der Waals surface area contributed by atoms with Crippen molar-refractivity contribution >= 4 is 44.6 Å². The van der Waals surface area contributed by atoms with Gasteiger partial charge in [0.1, 0.15) is 11.6 Å². The number of nitrogens with one attached hydrogen (secondary N) is 3. The number of aryl methyl sites for hydroxylation is 1. The number of ether oxygens (including phenoxy) is 1. The monoisotopic (exact) mass is 611 g/mol. The maximum Gasteiger partial charge on any atom is 0.426 e. The average Bonchev–Trinajstić information content (AvgIpc) is 3.32. The summed E-state index contributed by atoms with van der Waals surface area (Å²) in [6, 6.07) is 29.4. The Balaban J connectivity index is 1.38. The van der Waals surface area contributed by atoms with Gasteiger partial charge in [-0.25, -0.2) is 27.7 Å². The van der Waals surface area contributed by atoms with Crippen LogP contribution in [0.25, 0.3) is 22.2 Å². The highest BCUT2D eigenvalue weighted by Gasteiger charge is 2.16. The quantitative estimate of drug-likeness (QED) is 0.159. The zero-order valence-electron chi connectivity index (χ0n) is 24.4. The number of carbonyl (C=O) groups is 2. The second kappa shape index (κ2) is 13.4. The Bertz CT molecular complexity index is 1890. The lowest BCUT2D eigenvalue weighted by atomic mass is 10.0. The summed E-state index contributed by atoms with van der Waals surface area (Å²) in [5.41, 5.74) is 5.58. The lowest BCUT2D eigenvalue weighted by Gasteiger charge is -2.13. The molecule has 0 saturated heterocycles. The highest BCUT2D eigenvalue weighted by Crippen LogP contribution is 2.31. The van der Waals surface area contributed by atoms with E-state index < -0.39 is 16.1 Å². The van der Waals surface area contributed by atoms with Crippen molar-refractivity contribution in [3.8, 4) is 16.9 Å². The Kier molecular flexibility index (Phi) is 9.25. The first kappa shape index (κ1) is 30.3. The highest BCUT2D eigenvalue weighted by atomic mass is 32.2. The maximum absolute atomic E-state index is 12.6. The SMILES string of the molecule is CCCCc1nc2ccc(NC(=O)Nc3ccccc3)cc2n1Cc1ccc(-c2ccccc2OC(=O)NS(C)(=O)=O)cc1. The van der Waals surface area contributed by atoms with E-state index in [1.54, 1.807) is 18.2 Å². The maximum atomic E-state index is 12.6. The molecule has 5 aromatic rings. The molecule has 4 aromatic carbocycles. The van der Waals surface area contributed by atoms with Crippen LogP contribution in [0.15, 0.2) is 97.1 Å². The van der Waals surface area contributed by atoms with Crippen LogP contribution in [0.4, 0.5) is 21.0 Å². The first-order chi connectivity index (χ1) is 21.2. The summed E-state index contributed by atoms with van der Waals surface area (Å²) < 4.78 is 32.1. The number of fused-ring (bicyclic) bond motifs is 1. The minimum Gasteiger partial charge on any atom is -0.409 e. The molecule has 0 aliphatic rings. The third kappa shape index (κ3) is 7.81. The number of hydrogen-bond acceptors (Lipinski definition) is 6. The van der Waals surface area contributed by atoms with E-state index in [2.05, 4.69) is 22.1 Å². The molecule has 1 aromatic heterocycles. The van der Waals surface area contributed by atoms with Crippen molar-refractivity contribution in [2.24, 2.45) is 0 Å². The number of rotatable bonds is 10. The first-order valence-electron chi connectivity index (χ1n) is 14.2. The largest absolute Gasteiger partial charge is 0.426 e. The number of para-hydroxylation sites is 2. The summed E-state index contributed by atoms with van der Waals surface area (Å²) in [6.07, 6.45) is 2.66. The summed E-state index contributed by atoms with van der Waals surface area (Å²) >= 11 is 0. The van der Waals surface area contributed by atoms with Crippen molar-refractivity contribution in [3.05, 3.63) is 108 Å². The zero-order chi connectivity index (χ0) is 31.1. The Morgan fingerprint density at radius 2 is 1.57 bits per heavy atom. The molecule has 5 rings (SSSR count). The van der Waals surface area contributed by atoms with Crippen molar-refractivity contribution in [1.82, 2.24) is 14.3 Å². The lowest BCUT2D eigenvalue weighted by Crippen LogP contribution is -2.32. The molecule has 11 heteroatoms. The van der Waals surface area contributed by atoms with Gasteiger partial charge in [-0.05, 0) is 53.9 Å². The number of amides is 3. The molecular formula is C33H33N5O5S. The predicted octanol–water partition coefficient (Wildman–Crippen LogP) is 6.79. The number of benzene rings is 4. The number of anilines is 2. The van der Waals surface area contributed by atoms with E-state index in [0.717, 1.165) is 53.5 Å². The van der Waals surface area contributed by atoms with Gasteiger partial charge in [0.05, 0.1) is 17.3 Å². The van der Waals surface area contributed by atoms with E-state index in [-0.39, 0.29) is 11.8 Å². The first-order valence-corrected chi connectivity index (χ1v) is 16.1. The summed E-state index contributed by atoms with van der Waals surface area (Å²) in [6.45, 7) is 2.70. The van der Waals surface area contributed by atoms with Gasteiger partial charge in [-0.15, -0.1) is 0 Å². The molecule has 0 spiro atoms. The van der Waals surface area contributed by atoms with Crippen LogP contribution in [-0.4, -0.2) is 36.3 Å².